The van der Waals surface area contributed by atoms with Crippen molar-refractivity contribution in [1.82, 2.24) is 14.9 Å². The van der Waals surface area contributed by atoms with Crippen molar-refractivity contribution in [2.75, 3.05) is 13.1 Å². The van der Waals surface area contributed by atoms with Gasteiger partial charge in [-0.15, -0.1) is 0 Å². The largest absolute Gasteiger partial charge is 0.337 e. The molecule has 2 aromatic rings. The SMILES string of the molecule is NC(Cc1cccc(Cl)c1)C1CCN(C(=O)c2cnccn2)CC1. The summed E-state index contributed by atoms with van der Waals surface area (Å²) in [6, 6.07) is 7.92. The van der Waals surface area contributed by atoms with Gasteiger partial charge in [0, 0.05) is 36.5 Å². The Kier molecular flexibility index (Phi) is 5.43. The molecule has 1 fully saturated rings. The smallest absolute Gasteiger partial charge is 0.274 e. The molecule has 6 heteroatoms. The van der Waals surface area contributed by atoms with Crippen LogP contribution < -0.4 is 5.73 Å². The van der Waals surface area contributed by atoms with Gasteiger partial charge in [0.05, 0.1) is 6.20 Å². The number of amides is 1. The average Bonchev–Trinajstić information content (AvgIpc) is 2.62. The first-order valence-electron chi connectivity index (χ1n) is 8.19. The standard InChI is InChI=1S/C18H21ClN4O/c19-15-3-1-2-13(10-15)11-16(20)14-4-8-23(9-5-14)18(24)17-12-21-6-7-22-17/h1-3,6-7,10,12,14,16H,4-5,8-9,11,20H2. The third-order valence-electron chi connectivity index (χ3n) is 4.58. The molecule has 1 unspecified atom stereocenters. The second kappa shape index (κ2) is 7.73. The second-order valence-corrected chi connectivity index (χ2v) is 6.65. The number of likely N-dealkylation sites (tertiary alicyclic amines) is 1. The van der Waals surface area contributed by atoms with Crippen LogP contribution in [0.2, 0.25) is 5.02 Å². The fraction of sp³-hybridized carbons (Fsp3) is 0.389. The number of benzene rings is 1. The Morgan fingerprint density at radius 1 is 1.33 bits per heavy atom. The minimum atomic E-state index is -0.0510. The first-order valence-corrected chi connectivity index (χ1v) is 8.56. The van der Waals surface area contributed by atoms with E-state index < -0.39 is 0 Å². The van der Waals surface area contributed by atoms with Gasteiger partial charge in [-0.25, -0.2) is 4.98 Å². The summed E-state index contributed by atoms with van der Waals surface area (Å²) in [5, 5.41) is 0.740. The van der Waals surface area contributed by atoms with E-state index >= 15 is 0 Å². The maximum atomic E-state index is 12.4. The van der Waals surface area contributed by atoms with E-state index in [2.05, 4.69) is 16.0 Å². The first-order chi connectivity index (χ1) is 11.6. The number of hydrogen-bond donors (Lipinski definition) is 1. The highest BCUT2D eigenvalue weighted by Crippen LogP contribution is 2.23. The molecule has 2 N–H and O–H groups in total. The summed E-state index contributed by atoms with van der Waals surface area (Å²) in [5.41, 5.74) is 7.96. The van der Waals surface area contributed by atoms with Crippen molar-refractivity contribution in [3.8, 4) is 0 Å². The van der Waals surface area contributed by atoms with Gasteiger partial charge in [0.2, 0.25) is 0 Å². The predicted molar refractivity (Wildman–Crippen MR) is 93.8 cm³/mol. The number of aromatic nitrogens is 2. The van der Waals surface area contributed by atoms with Gasteiger partial charge in [-0.3, -0.25) is 9.78 Å². The molecule has 1 saturated heterocycles. The minimum absolute atomic E-state index is 0.0510. The quantitative estimate of drug-likeness (QED) is 0.925. The van der Waals surface area contributed by atoms with Crippen LogP contribution in [-0.4, -0.2) is 39.9 Å². The van der Waals surface area contributed by atoms with Gasteiger partial charge in [-0.2, -0.15) is 0 Å². The Morgan fingerprint density at radius 3 is 2.79 bits per heavy atom. The van der Waals surface area contributed by atoms with Crippen LogP contribution in [0.25, 0.3) is 0 Å². The number of halogens is 1. The molecule has 126 valence electrons. The lowest BCUT2D eigenvalue weighted by Gasteiger charge is -2.34. The van der Waals surface area contributed by atoms with Crippen LogP contribution in [0.1, 0.15) is 28.9 Å². The summed E-state index contributed by atoms with van der Waals surface area (Å²) >= 11 is 6.03. The van der Waals surface area contributed by atoms with Crippen molar-refractivity contribution < 1.29 is 4.79 Å². The zero-order valence-electron chi connectivity index (χ0n) is 13.4. The van der Waals surface area contributed by atoms with Gasteiger partial charge >= 0.3 is 0 Å². The van der Waals surface area contributed by atoms with E-state index in [9.17, 15) is 4.79 Å². The van der Waals surface area contributed by atoms with E-state index in [1.165, 1.54) is 6.20 Å². The zero-order valence-corrected chi connectivity index (χ0v) is 14.2. The highest BCUT2D eigenvalue weighted by Gasteiger charge is 2.27. The highest BCUT2D eigenvalue weighted by molar-refractivity contribution is 6.30. The van der Waals surface area contributed by atoms with E-state index in [1.54, 1.807) is 12.4 Å². The predicted octanol–water partition coefficient (Wildman–Crippen LogP) is 2.55. The van der Waals surface area contributed by atoms with Crippen LogP contribution in [0.5, 0.6) is 0 Å². The topological polar surface area (TPSA) is 72.1 Å². The summed E-state index contributed by atoms with van der Waals surface area (Å²) in [6.07, 6.45) is 7.25. The summed E-state index contributed by atoms with van der Waals surface area (Å²) in [4.78, 5) is 22.3. The summed E-state index contributed by atoms with van der Waals surface area (Å²) in [7, 11) is 0. The van der Waals surface area contributed by atoms with Crippen molar-refractivity contribution in [2.24, 2.45) is 11.7 Å². The molecule has 1 aliphatic rings. The molecule has 2 heterocycles. The maximum Gasteiger partial charge on any atom is 0.274 e. The molecule has 0 bridgehead atoms. The van der Waals surface area contributed by atoms with Crippen molar-refractivity contribution in [1.29, 1.82) is 0 Å². The third kappa shape index (κ3) is 4.10. The van der Waals surface area contributed by atoms with Crippen LogP contribution >= 0.6 is 11.6 Å². The van der Waals surface area contributed by atoms with E-state index in [1.807, 2.05) is 23.1 Å². The molecule has 0 radical (unpaired) electrons. The fourth-order valence-corrected chi connectivity index (χ4v) is 3.42. The van der Waals surface area contributed by atoms with Crippen LogP contribution in [0.4, 0.5) is 0 Å². The van der Waals surface area contributed by atoms with Gasteiger partial charge < -0.3 is 10.6 Å². The van der Waals surface area contributed by atoms with Gasteiger partial charge in [0.15, 0.2) is 0 Å². The lowest BCUT2D eigenvalue weighted by Crippen LogP contribution is -2.44. The summed E-state index contributed by atoms with van der Waals surface area (Å²) < 4.78 is 0. The normalized spacial score (nSPS) is 16.8. The molecular formula is C18H21ClN4O. The molecule has 1 amide bonds. The monoisotopic (exact) mass is 344 g/mol. The first kappa shape index (κ1) is 16.9. The van der Waals surface area contributed by atoms with Gasteiger partial charge in [-0.05, 0) is 42.9 Å². The molecule has 1 aliphatic heterocycles. The maximum absolute atomic E-state index is 12.4. The van der Waals surface area contributed by atoms with Crippen LogP contribution in [0.3, 0.4) is 0 Å². The lowest BCUT2D eigenvalue weighted by atomic mass is 9.86. The molecule has 0 saturated carbocycles. The van der Waals surface area contributed by atoms with Crippen LogP contribution in [0, 0.1) is 5.92 Å². The molecule has 1 atom stereocenters. The molecule has 1 aromatic heterocycles. The molecule has 3 rings (SSSR count). The summed E-state index contributed by atoms with van der Waals surface area (Å²) in [5.74, 6) is 0.361. The van der Waals surface area contributed by atoms with Crippen LogP contribution in [-0.2, 0) is 6.42 Å². The van der Waals surface area contributed by atoms with Gasteiger partial charge in [0.1, 0.15) is 5.69 Å². The molecule has 0 aliphatic carbocycles. The average molecular weight is 345 g/mol. The molecule has 1 aromatic carbocycles. The minimum Gasteiger partial charge on any atom is -0.337 e. The number of piperidine rings is 1. The zero-order chi connectivity index (χ0) is 16.9. The van der Waals surface area contributed by atoms with Crippen molar-refractivity contribution >= 4 is 17.5 Å². The number of carbonyl (C=O) groups is 1. The van der Waals surface area contributed by atoms with Gasteiger partial charge in [-0.1, -0.05) is 23.7 Å². The van der Waals surface area contributed by atoms with E-state index in [0.29, 0.717) is 24.7 Å². The Balaban J connectivity index is 1.54. The number of rotatable bonds is 4. The number of carbonyl (C=O) groups excluding carboxylic acids is 1. The Labute approximate surface area is 146 Å². The highest BCUT2D eigenvalue weighted by atomic mass is 35.5. The molecule has 0 spiro atoms. The third-order valence-corrected chi connectivity index (χ3v) is 4.81. The molecular weight excluding hydrogens is 324 g/mol. The van der Waals surface area contributed by atoms with Gasteiger partial charge in [0.25, 0.3) is 5.91 Å². The lowest BCUT2D eigenvalue weighted by molar-refractivity contribution is 0.0671. The molecule has 24 heavy (non-hydrogen) atoms. The van der Waals surface area contributed by atoms with E-state index in [0.717, 1.165) is 29.8 Å². The Bertz CT molecular complexity index is 686. The van der Waals surface area contributed by atoms with Crippen molar-refractivity contribution in [2.45, 2.75) is 25.3 Å². The van der Waals surface area contributed by atoms with E-state index in [4.69, 9.17) is 17.3 Å². The number of nitrogens with two attached hydrogens (primary N) is 1. The Hall–Kier alpha value is -1.98. The summed E-state index contributed by atoms with van der Waals surface area (Å²) in [6.45, 7) is 1.42. The van der Waals surface area contributed by atoms with Crippen molar-refractivity contribution in [3.05, 3.63) is 59.1 Å². The van der Waals surface area contributed by atoms with E-state index in [-0.39, 0.29) is 11.9 Å². The Morgan fingerprint density at radius 2 is 2.12 bits per heavy atom. The molecule has 5 nitrogen and oxygen atoms in total. The number of hydrogen-bond acceptors (Lipinski definition) is 4. The van der Waals surface area contributed by atoms with Crippen molar-refractivity contribution in [3.63, 3.8) is 0 Å². The van der Waals surface area contributed by atoms with Crippen LogP contribution in [0.15, 0.2) is 42.9 Å². The number of nitrogens with zero attached hydrogens (tertiary/aromatic N) is 3. The second-order valence-electron chi connectivity index (χ2n) is 6.22. The fourth-order valence-electron chi connectivity index (χ4n) is 3.21.